The Morgan fingerprint density at radius 2 is 1.50 bits per heavy atom. The first-order valence-electron chi connectivity index (χ1n) is 0.611. The van der Waals surface area contributed by atoms with Crippen LogP contribution in [0, 0.1) is 0 Å². The van der Waals surface area contributed by atoms with Gasteiger partial charge < -0.3 is 0 Å². The van der Waals surface area contributed by atoms with Crippen molar-refractivity contribution in [2.45, 2.75) is 3.05 Å². The molecule has 0 unspecified atom stereocenters. The molecular weight excluding hydrogens is 280 g/mol. The minimum atomic E-state index is -0.278. The normalized spacial score (nSPS) is 9.25. The summed E-state index contributed by atoms with van der Waals surface area (Å²) in [5.41, 5.74) is 0. The van der Waals surface area contributed by atoms with Gasteiger partial charge in [-0.2, -0.15) is 0 Å². The first-order chi connectivity index (χ1) is 1.73. The fraction of sp³-hybridized carbons (Fsp3) is 1.00. The van der Waals surface area contributed by atoms with Crippen molar-refractivity contribution in [3.05, 3.63) is 0 Å². The summed E-state index contributed by atoms with van der Waals surface area (Å²) in [6.45, 7) is 0. The molecule has 0 bridgehead atoms. The van der Waals surface area contributed by atoms with E-state index in [-0.39, 0.29) is 3.05 Å². The molecule has 30 valence electrons. The van der Waals surface area contributed by atoms with Crippen LogP contribution in [0.3, 0.4) is 0 Å². The van der Waals surface area contributed by atoms with E-state index in [1.807, 2.05) is 21.1 Å². The molecule has 0 aromatic heterocycles. The molecule has 0 atom stereocenters. The summed E-state index contributed by atoms with van der Waals surface area (Å²) in [5, 5.41) is 0. The molecule has 0 aliphatic carbocycles. The van der Waals surface area contributed by atoms with Gasteiger partial charge in [0.15, 0.2) is 0 Å². The second-order valence-electron chi connectivity index (χ2n) is 0.214. The van der Waals surface area contributed by atoms with E-state index in [2.05, 4.69) is 0 Å². The molecule has 0 heterocycles. The molecule has 0 amide bonds. The van der Waals surface area contributed by atoms with E-state index in [9.17, 15) is 0 Å². The average Bonchev–Trinajstić information content (AvgIpc) is 0.811. The number of hydrogen-bond acceptors (Lipinski definition) is 0. The summed E-state index contributed by atoms with van der Waals surface area (Å²) in [6.07, 6.45) is 0. The third-order valence-electron chi connectivity index (χ3n) is 0. The monoisotopic (exact) mass is 280 g/mol. The van der Waals surface area contributed by atoms with Gasteiger partial charge in [-0.3, -0.25) is 0 Å². The first-order valence-corrected chi connectivity index (χ1v) is 2.73. The van der Waals surface area contributed by atoms with Gasteiger partial charge in [0, 0.05) is 0 Å². The van der Waals surface area contributed by atoms with E-state index in [1.165, 1.54) is 0 Å². The Morgan fingerprint density at radius 1 is 1.50 bits per heavy atom. The topological polar surface area (TPSA) is 0 Å². The van der Waals surface area contributed by atoms with Crippen molar-refractivity contribution in [2.75, 3.05) is 0 Å². The molecule has 0 spiro atoms. The van der Waals surface area contributed by atoms with Gasteiger partial charge in [-0.1, -0.05) is 0 Å². The summed E-state index contributed by atoms with van der Waals surface area (Å²) in [6, 6.07) is 0. The molecule has 0 saturated carbocycles. The van der Waals surface area contributed by atoms with E-state index in [0.717, 1.165) is 0 Å². The SMILES string of the molecule is Cl[CH](Cl)[Au]. The Hall–Kier alpha value is 1.32. The molecule has 3 heteroatoms. The standard InChI is InChI=1S/CHCl2.Au/c2-1-3;/h1H;. The third-order valence-corrected chi connectivity index (χ3v) is 0. The molecule has 0 radical (unpaired) electrons. The predicted octanol–water partition coefficient (Wildman–Crippen LogP) is 1.29. The molecule has 0 N–H and O–H groups in total. The molecule has 0 nitrogen and oxygen atoms in total. The van der Waals surface area contributed by atoms with Gasteiger partial charge >= 0.3 is 47.3 Å². The zero-order valence-corrected chi connectivity index (χ0v) is 5.31. The number of rotatable bonds is 0. The van der Waals surface area contributed by atoms with Crippen LogP contribution in [0.15, 0.2) is 0 Å². The second-order valence-corrected chi connectivity index (χ2v) is 3.97. The van der Waals surface area contributed by atoms with Gasteiger partial charge in [0.05, 0.1) is 0 Å². The Kier molecular flexibility index (Phi) is 3.39. The summed E-state index contributed by atoms with van der Waals surface area (Å²) >= 11 is 12.1. The Morgan fingerprint density at radius 3 is 1.50 bits per heavy atom. The summed E-state index contributed by atoms with van der Waals surface area (Å²) < 4.78 is -0.278. The molecule has 0 aromatic carbocycles. The Bertz CT molecular complexity index is 10.8. The molecular formula is CHAuCl2. The van der Waals surface area contributed by atoms with Gasteiger partial charge in [-0.15, -0.1) is 0 Å². The van der Waals surface area contributed by atoms with Gasteiger partial charge in [0.25, 0.3) is 0 Å². The minimum absolute atomic E-state index is 0.278. The number of halogens is 2. The number of alkyl halides is 2. The van der Waals surface area contributed by atoms with E-state index in [0.29, 0.717) is 0 Å². The summed E-state index contributed by atoms with van der Waals surface area (Å²) in [5.74, 6) is 0. The van der Waals surface area contributed by atoms with E-state index < -0.39 is 0 Å². The van der Waals surface area contributed by atoms with Crippen LogP contribution in [0.2, 0.25) is 0 Å². The molecule has 0 aliphatic rings. The maximum absolute atomic E-state index is 5.02. The first kappa shape index (κ1) is 5.32. The Balaban J connectivity index is 2.32. The van der Waals surface area contributed by atoms with Gasteiger partial charge in [-0.25, -0.2) is 0 Å². The van der Waals surface area contributed by atoms with Crippen LogP contribution < -0.4 is 0 Å². The zero-order valence-electron chi connectivity index (χ0n) is 1.63. The van der Waals surface area contributed by atoms with Crippen molar-refractivity contribution in [1.82, 2.24) is 0 Å². The second kappa shape index (κ2) is 2.55. The molecule has 0 saturated heterocycles. The van der Waals surface area contributed by atoms with Crippen LogP contribution in [0.5, 0.6) is 0 Å². The van der Waals surface area contributed by atoms with Crippen LogP contribution in [-0.4, -0.2) is 3.05 Å². The van der Waals surface area contributed by atoms with Crippen LogP contribution >= 0.6 is 23.2 Å². The van der Waals surface area contributed by atoms with E-state index in [4.69, 9.17) is 23.2 Å². The molecule has 0 aliphatic heterocycles. The molecule has 0 rings (SSSR count). The summed E-state index contributed by atoms with van der Waals surface area (Å²) in [7, 11) is 0. The zero-order chi connectivity index (χ0) is 3.58. The Labute approximate surface area is 47.4 Å². The molecule has 0 fully saturated rings. The van der Waals surface area contributed by atoms with Crippen molar-refractivity contribution in [1.29, 1.82) is 0 Å². The van der Waals surface area contributed by atoms with E-state index >= 15 is 0 Å². The predicted molar refractivity (Wildman–Crippen MR) is 15.5 cm³/mol. The van der Waals surface area contributed by atoms with Crippen molar-refractivity contribution in [3.63, 3.8) is 0 Å². The number of hydrogen-bond donors (Lipinski definition) is 0. The van der Waals surface area contributed by atoms with Crippen molar-refractivity contribution >= 4 is 23.2 Å². The third kappa shape index (κ3) is 10.3. The van der Waals surface area contributed by atoms with Crippen LogP contribution in [-0.2, 0) is 21.1 Å². The molecule has 4 heavy (non-hydrogen) atoms. The van der Waals surface area contributed by atoms with Crippen LogP contribution in [0.4, 0.5) is 0 Å². The van der Waals surface area contributed by atoms with Crippen LogP contribution in [0.25, 0.3) is 0 Å². The van der Waals surface area contributed by atoms with Gasteiger partial charge in [0.2, 0.25) is 0 Å². The van der Waals surface area contributed by atoms with E-state index in [1.54, 1.807) is 0 Å². The summed E-state index contributed by atoms with van der Waals surface area (Å²) in [4.78, 5) is 0. The average molecular weight is 281 g/mol. The fourth-order valence-electron chi connectivity index (χ4n) is 0. The van der Waals surface area contributed by atoms with Gasteiger partial charge in [-0.05, 0) is 0 Å². The van der Waals surface area contributed by atoms with Crippen LogP contribution in [0.1, 0.15) is 0 Å². The van der Waals surface area contributed by atoms with Crippen molar-refractivity contribution < 1.29 is 21.1 Å². The quantitative estimate of drug-likeness (QED) is 0.463. The fourth-order valence-corrected chi connectivity index (χ4v) is 0. The van der Waals surface area contributed by atoms with Gasteiger partial charge in [0.1, 0.15) is 0 Å². The maximum atomic E-state index is 5.02. The molecule has 0 aromatic rings. The van der Waals surface area contributed by atoms with Crippen molar-refractivity contribution in [3.8, 4) is 0 Å². The van der Waals surface area contributed by atoms with Crippen molar-refractivity contribution in [2.24, 2.45) is 0 Å².